The molecular formula is C23H23ClN4O8. The maximum absolute atomic E-state index is 12.8. The van der Waals surface area contributed by atoms with E-state index < -0.39 is 42.1 Å². The molecule has 2 aromatic carbocycles. The number of esters is 1. The molecule has 0 aromatic heterocycles. The fourth-order valence-corrected chi connectivity index (χ4v) is 3.44. The van der Waals surface area contributed by atoms with Gasteiger partial charge in [0.2, 0.25) is 5.91 Å². The number of methoxy groups -OCH3 is 2. The van der Waals surface area contributed by atoms with Crippen LogP contribution in [0.1, 0.15) is 27.1 Å². The molecule has 1 aliphatic rings. The molecule has 4 amide bonds. The van der Waals surface area contributed by atoms with Gasteiger partial charge in [-0.1, -0.05) is 17.7 Å². The van der Waals surface area contributed by atoms with E-state index in [1.165, 1.54) is 38.5 Å². The minimum Gasteiger partial charge on any atom is -0.496 e. The lowest BCUT2D eigenvalue weighted by Crippen LogP contribution is -2.44. The van der Waals surface area contributed by atoms with Gasteiger partial charge in [0, 0.05) is 17.0 Å². The Balaban J connectivity index is 1.48. The molecular weight excluding hydrogens is 496 g/mol. The van der Waals surface area contributed by atoms with Crippen LogP contribution in [0.3, 0.4) is 0 Å². The Labute approximate surface area is 210 Å². The standard InChI is InChI=1S/C23H23ClN4O8/c1-34-16-4-3-5-17(35-2)20(16)22(32)27-28-11-14(10-19(28)30)23(33)36-12-18(29)25-26-21(31)13-6-8-15(24)9-7-13/h3-9,14H,10-12H2,1-2H3,(H,25,29)(H,26,31)(H,27,32)/t14-/m1/s1. The van der Waals surface area contributed by atoms with Crippen molar-refractivity contribution in [3.63, 3.8) is 0 Å². The van der Waals surface area contributed by atoms with Crippen molar-refractivity contribution >= 4 is 41.2 Å². The topological polar surface area (TPSA) is 152 Å². The first-order valence-electron chi connectivity index (χ1n) is 10.6. The van der Waals surface area contributed by atoms with E-state index in [0.717, 1.165) is 5.01 Å². The number of benzene rings is 2. The van der Waals surface area contributed by atoms with Gasteiger partial charge in [-0.2, -0.15) is 0 Å². The van der Waals surface area contributed by atoms with Crippen LogP contribution in [0.2, 0.25) is 5.02 Å². The molecule has 0 spiro atoms. The van der Waals surface area contributed by atoms with Gasteiger partial charge in [0.25, 0.3) is 17.7 Å². The van der Waals surface area contributed by atoms with E-state index in [0.29, 0.717) is 5.02 Å². The summed E-state index contributed by atoms with van der Waals surface area (Å²) < 4.78 is 15.3. The van der Waals surface area contributed by atoms with Gasteiger partial charge in [-0.25, -0.2) is 0 Å². The largest absolute Gasteiger partial charge is 0.496 e. The molecule has 0 aliphatic carbocycles. The molecule has 0 unspecified atom stereocenters. The number of hydrogen-bond donors (Lipinski definition) is 3. The molecule has 190 valence electrons. The van der Waals surface area contributed by atoms with E-state index in [4.69, 9.17) is 25.8 Å². The monoisotopic (exact) mass is 518 g/mol. The van der Waals surface area contributed by atoms with Gasteiger partial charge >= 0.3 is 5.97 Å². The summed E-state index contributed by atoms with van der Waals surface area (Å²) >= 11 is 5.76. The first-order chi connectivity index (χ1) is 17.2. The maximum atomic E-state index is 12.8. The van der Waals surface area contributed by atoms with Gasteiger partial charge in [0.15, 0.2) is 6.61 Å². The lowest BCUT2D eigenvalue weighted by atomic mass is 10.1. The molecule has 12 nitrogen and oxygen atoms in total. The molecule has 1 fully saturated rings. The highest BCUT2D eigenvalue weighted by Gasteiger charge is 2.37. The highest BCUT2D eigenvalue weighted by atomic mass is 35.5. The van der Waals surface area contributed by atoms with Crippen molar-refractivity contribution in [2.75, 3.05) is 27.4 Å². The van der Waals surface area contributed by atoms with Crippen molar-refractivity contribution < 1.29 is 38.2 Å². The summed E-state index contributed by atoms with van der Waals surface area (Å²) in [6.45, 7) is -0.842. The van der Waals surface area contributed by atoms with Crippen LogP contribution in [0.5, 0.6) is 11.5 Å². The second kappa shape index (κ2) is 11.9. The summed E-state index contributed by atoms with van der Waals surface area (Å²) in [6, 6.07) is 10.7. The first-order valence-corrected chi connectivity index (χ1v) is 10.9. The van der Waals surface area contributed by atoms with E-state index in [9.17, 15) is 24.0 Å². The third kappa shape index (κ3) is 6.42. The number of hydrazine groups is 2. The smallest absolute Gasteiger partial charge is 0.311 e. The van der Waals surface area contributed by atoms with Crippen LogP contribution in [-0.4, -0.2) is 62.0 Å². The SMILES string of the molecule is COc1cccc(OC)c1C(=O)NN1C[C@H](C(=O)OCC(=O)NNC(=O)c2ccc(Cl)cc2)CC1=O. The Bertz CT molecular complexity index is 1150. The number of nitrogens with one attached hydrogen (secondary N) is 3. The van der Waals surface area contributed by atoms with Crippen LogP contribution in [0, 0.1) is 5.92 Å². The minimum absolute atomic E-state index is 0.0821. The molecule has 13 heteroatoms. The number of nitrogens with zero attached hydrogens (tertiary/aromatic N) is 1. The van der Waals surface area contributed by atoms with Crippen molar-refractivity contribution in [1.82, 2.24) is 21.3 Å². The number of rotatable bonds is 8. The number of ether oxygens (including phenoxy) is 3. The lowest BCUT2D eigenvalue weighted by Gasteiger charge is -2.19. The van der Waals surface area contributed by atoms with Crippen molar-refractivity contribution in [2.24, 2.45) is 5.92 Å². The van der Waals surface area contributed by atoms with Gasteiger partial charge in [0.1, 0.15) is 17.1 Å². The summed E-state index contributed by atoms with van der Waals surface area (Å²) in [5.74, 6) is -3.80. The van der Waals surface area contributed by atoms with Crippen LogP contribution >= 0.6 is 11.6 Å². The van der Waals surface area contributed by atoms with E-state index in [2.05, 4.69) is 16.3 Å². The van der Waals surface area contributed by atoms with Gasteiger partial charge < -0.3 is 14.2 Å². The average molecular weight is 519 g/mol. The highest BCUT2D eigenvalue weighted by Crippen LogP contribution is 2.28. The Morgan fingerprint density at radius 2 is 1.61 bits per heavy atom. The Kier molecular flexibility index (Phi) is 8.68. The third-order valence-corrected chi connectivity index (χ3v) is 5.37. The first kappa shape index (κ1) is 26.3. The maximum Gasteiger partial charge on any atom is 0.311 e. The van der Waals surface area contributed by atoms with Crippen molar-refractivity contribution in [2.45, 2.75) is 6.42 Å². The third-order valence-electron chi connectivity index (χ3n) is 5.12. The van der Waals surface area contributed by atoms with Crippen molar-refractivity contribution in [3.05, 3.63) is 58.6 Å². The summed E-state index contributed by atoms with van der Waals surface area (Å²) in [4.78, 5) is 61.4. The summed E-state index contributed by atoms with van der Waals surface area (Å²) in [5.41, 5.74) is 7.07. The molecule has 3 N–H and O–H groups in total. The molecule has 0 radical (unpaired) electrons. The number of carbonyl (C=O) groups is 5. The predicted molar refractivity (Wildman–Crippen MR) is 125 cm³/mol. The summed E-state index contributed by atoms with van der Waals surface area (Å²) in [5, 5.41) is 1.44. The van der Waals surface area contributed by atoms with Crippen LogP contribution in [0.25, 0.3) is 0 Å². The predicted octanol–water partition coefficient (Wildman–Crippen LogP) is 0.855. The average Bonchev–Trinajstić information content (AvgIpc) is 3.25. The molecule has 0 saturated carbocycles. The quantitative estimate of drug-likeness (QED) is 0.343. The Morgan fingerprint density at radius 1 is 0.972 bits per heavy atom. The van der Waals surface area contributed by atoms with E-state index in [-0.39, 0.29) is 35.6 Å². The molecule has 1 aliphatic heterocycles. The summed E-state index contributed by atoms with van der Waals surface area (Å²) in [7, 11) is 2.77. The Hall–Kier alpha value is -4.32. The zero-order valence-electron chi connectivity index (χ0n) is 19.3. The van der Waals surface area contributed by atoms with E-state index in [1.54, 1.807) is 18.2 Å². The van der Waals surface area contributed by atoms with Crippen LogP contribution in [0.15, 0.2) is 42.5 Å². The van der Waals surface area contributed by atoms with Gasteiger partial charge in [-0.15, -0.1) is 0 Å². The van der Waals surface area contributed by atoms with E-state index in [1.807, 2.05) is 0 Å². The molecule has 3 rings (SSSR count). The fraction of sp³-hybridized carbons (Fsp3) is 0.261. The number of carbonyl (C=O) groups excluding carboxylic acids is 5. The zero-order chi connectivity index (χ0) is 26.2. The number of halogens is 1. The minimum atomic E-state index is -0.908. The van der Waals surface area contributed by atoms with Crippen LogP contribution in [0.4, 0.5) is 0 Å². The van der Waals surface area contributed by atoms with Gasteiger partial charge in [0.05, 0.1) is 26.7 Å². The Morgan fingerprint density at radius 3 is 2.22 bits per heavy atom. The number of amides is 4. The fourth-order valence-electron chi connectivity index (χ4n) is 3.32. The second-order valence-electron chi connectivity index (χ2n) is 7.50. The van der Waals surface area contributed by atoms with Crippen molar-refractivity contribution in [1.29, 1.82) is 0 Å². The van der Waals surface area contributed by atoms with Crippen LogP contribution < -0.4 is 25.8 Å². The van der Waals surface area contributed by atoms with E-state index >= 15 is 0 Å². The molecule has 1 heterocycles. The molecule has 36 heavy (non-hydrogen) atoms. The molecule has 0 bridgehead atoms. The molecule has 1 saturated heterocycles. The number of hydrogen-bond acceptors (Lipinski definition) is 8. The highest BCUT2D eigenvalue weighted by molar-refractivity contribution is 6.30. The normalized spacial score (nSPS) is 14.6. The van der Waals surface area contributed by atoms with Crippen molar-refractivity contribution in [3.8, 4) is 11.5 Å². The zero-order valence-corrected chi connectivity index (χ0v) is 20.1. The second-order valence-corrected chi connectivity index (χ2v) is 7.94. The molecule has 1 atom stereocenters. The van der Waals surface area contributed by atoms with Crippen LogP contribution in [-0.2, 0) is 19.1 Å². The molecule has 2 aromatic rings. The lowest BCUT2D eigenvalue weighted by molar-refractivity contribution is -0.152. The summed E-state index contributed by atoms with van der Waals surface area (Å²) in [6.07, 6.45) is -0.225. The van der Waals surface area contributed by atoms with Gasteiger partial charge in [-0.3, -0.25) is 45.3 Å². The van der Waals surface area contributed by atoms with Gasteiger partial charge in [-0.05, 0) is 36.4 Å².